The van der Waals surface area contributed by atoms with Gasteiger partial charge in [-0.3, -0.25) is 0 Å². The first-order valence-corrected chi connectivity index (χ1v) is 7.76. The summed E-state index contributed by atoms with van der Waals surface area (Å²) in [6, 6.07) is 5.09. The van der Waals surface area contributed by atoms with Gasteiger partial charge in [-0.1, -0.05) is 11.6 Å². The maximum absolute atomic E-state index is 11.7. The molecule has 24 heavy (non-hydrogen) atoms. The number of fused-ring (bicyclic) bond motifs is 2. The Labute approximate surface area is 139 Å². The molecule has 1 aromatic carbocycles. The van der Waals surface area contributed by atoms with Crippen molar-refractivity contribution in [2.75, 3.05) is 13.7 Å². The van der Waals surface area contributed by atoms with Crippen LogP contribution in [0.1, 0.15) is 25.0 Å². The first-order valence-electron chi connectivity index (χ1n) is 7.76. The van der Waals surface area contributed by atoms with E-state index >= 15 is 0 Å². The predicted octanol–water partition coefficient (Wildman–Crippen LogP) is 4.17. The number of ether oxygens (including phenoxy) is 2. The SMILES string of the molecule is COCc1c2occc2c(COCC=C(C)C)c2ccc(=O)oc12. The Hall–Kier alpha value is -2.37. The van der Waals surface area contributed by atoms with Gasteiger partial charge in [0, 0.05) is 23.9 Å². The van der Waals surface area contributed by atoms with Crippen molar-refractivity contribution in [3.63, 3.8) is 0 Å². The third kappa shape index (κ3) is 3.13. The molecule has 0 unspecified atom stereocenters. The van der Waals surface area contributed by atoms with E-state index in [4.69, 9.17) is 18.3 Å². The van der Waals surface area contributed by atoms with Crippen molar-refractivity contribution in [1.29, 1.82) is 0 Å². The molecule has 3 rings (SSSR count). The zero-order chi connectivity index (χ0) is 17.1. The lowest BCUT2D eigenvalue weighted by molar-refractivity contribution is 0.150. The highest BCUT2D eigenvalue weighted by atomic mass is 16.5. The van der Waals surface area contributed by atoms with Crippen molar-refractivity contribution >= 4 is 21.9 Å². The summed E-state index contributed by atoms with van der Waals surface area (Å²) in [7, 11) is 1.60. The van der Waals surface area contributed by atoms with Gasteiger partial charge in [0.15, 0.2) is 0 Å². The molecule has 0 bridgehead atoms. The molecule has 0 spiro atoms. The summed E-state index contributed by atoms with van der Waals surface area (Å²) in [5.74, 6) is 0. The maximum atomic E-state index is 11.7. The molecule has 2 heterocycles. The monoisotopic (exact) mass is 328 g/mol. The fourth-order valence-electron chi connectivity index (χ4n) is 2.72. The van der Waals surface area contributed by atoms with Gasteiger partial charge in [0.05, 0.1) is 31.6 Å². The van der Waals surface area contributed by atoms with E-state index in [0.29, 0.717) is 31.0 Å². The number of hydrogen-bond acceptors (Lipinski definition) is 5. The molecule has 0 radical (unpaired) electrons. The highest BCUT2D eigenvalue weighted by Crippen LogP contribution is 2.34. The molecule has 5 nitrogen and oxygen atoms in total. The Balaban J connectivity index is 2.15. The van der Waals surface area contributed by atoms with Gasteiger partial charge in [-0.25, -0.2) is 4.79 Å². The minimum absolute atomic E-state index is 0.298. The fourth-order valence-corrected chi connectivity index (χ4v) is 2.72. The van der Waals surface area contributed by atoms with Crippen LogP contribution in [-0.4, -0.2) is 13.7 Å². The summed E-state index contributed by atoms with van der Waals surface area (Å²) >= 11 is 0. The van der Waals surface area contributed by atoms with Gasteiger partial charge < -0.3 is 18.3 Å². The van der Waals surface area contributed by atoms with Gasteiger partial charge in [-0.05, 0) is 31.5 Å². The van der Waals surface area contributed by atoms with Crippen molar-refractivity contribution in [2.45, 2.75) is 27.1 Å². The number of rotatable bonds is 6. The normalized spacial score (nSPS) is 11.3. The van der Waals surface area contributed by atoms with E-state index in [1.165, 1.54) is 11.6 Å². The standard InChI is InChI=1S/C19H20O5/c1-12(2)6-8-22-11-15-13-4-5-17(20)24-19(13)16(10-21-3)18-14(15)7-9-23-18/h4-7,9H,8,10-11H2,1-3H3. The first kappa shape index (κ1) is 16.5. The molecule has 0 aliphatic carbocycles. The number of furan rings is 1. The Bertz CT molecular complexity index is 941. The molecule has 0 aliphatic rings. The van der Waals surface area contributed by atoms with E-state index in [2.05, 4.69) is 0 Å². The molecule has 2 aromatic heterocycles. The van der Waals surface area contributed by atoms with Crippen molar-refractivity contribution in [2.24, 2.45) is 0 Å². The van der Waals surface area contributed by atoms with Gasteiger partial charge in [-0.15, -0.1) is 0 Å². The summed E-state index contributed by atoms with van der Waals surface area (Å²) in [6.45, 7) is 5.28. The molecule has 0 amide bonds. The minimum Gasteiger partial charge on any atom is -0.464 e. The zero-order valence-electron chi connectivity index (χ0n) is 14.0. The summed E-state index contributed by atoms with van der Waals surface area (Å²) in [4.78, 5) is 11.7. The van der Waals surface area contributed by atoms with Crippen LogP contribution in [0.15, 0.2) is 49.7 Å². The second kappa shape index (κ2) is 7.03. The molecule has 0 saturated heterocycles. The van der Waals surface area contributed by atoms with E-state index in [1.54, 1.807) is 19.4 Å². The van der Waals surface area contributed by atoms with Crippen LogP contribution in [0, 0.1) is 0 Å². The molecular formula is C19H20O5. The first-order chi connectivity index (χ1) is 11.6. The van der Waals surface area contributed by atoms with Crippen molar-refractivity contribution in [3.05, 3.63) is 57.7 Å². The second-order valence-corrected chi connectivity index (χ2v) is 5.85. The van der Waals surface area contributed by atoms with Crippen LogP contribution in [0.3, 0.4) is 0 Å². The van der Waals surface area contributed by atoms with Gasteiger partial charge in [-0.2, -0.15) is 0 Å². The summed E-state index contributed by atoms with van der Waals surface area (Å²) in [5.41, 5.74) is 3.64. The average Bonchev–Trinajstić information content (AvgIpc) is 3.02. The van der Waals surface area contributed by atoms with Gasteiger partial charge >= 0.3 is 5.63 Å². The Morgan fingerprint density at radius 3 is 2.62 bits per heavy atom. The summed E-state index contributed by atoms with van der Waals surface area (Å²) in [6.07, 6.45) is 3.65. The fraction of sp³-hybridized carbons (Fsp3) is 0.316. The lowest BCUT2D eigenvalue weighted by Crippen LogP contribution is -2.03. The molecule has 3 aromatic rings. The maximum Gasteiger partial charge on any atom is 0.336 e. The number of benzene rings is 1. The van der Waals surface area contributed by atoms with Crippen LogP contribution in [0.25, 0.3) is 21.9 Å². The van der Waals surface area contributed by atoms with Crippen LogP contribution < -0.4 is 5.63 Å². The van der Waals surface area contributed by atoms with E-state index < -0.39 is 5.63 Å². The molecule has 0 atom stereocenters. The van der Waals surface area contributed by atoms with E-state index in [-0.39, 0.29) is 0 Å². The van der Waals surface area contributed by atoms with Crippen molar-refractivity contribution < 1.29 is 18.3 Å². The zero-order valence-corrected chi connectivity index (χ0v) is 14.0. The summed E-state index contributed by atoms with van der Waals surface area (Å²) in [5, 5.41) is 1.79. The molecule has 0 N–H and O–H groups in total. The third-order valence-corrected chi connectivity index (χ3v) is 3.84. The second-order valence-electron chi connectivity index (χ2n) is 5.85. The van der Waals surface area contributed by atoms with E-state index in [0.717, 1.165) is 21.9 Å². The lowest BCUT2D eigenvalue weighted by atomic mass is 10.0. The topological polar surface area (TPSA) is 61.8 Å². The number of methoxy groups -OCH3 is 1. The van der Waals surface area contributed by atoms with Crippen LogP contribution in [0.4, 0.5) is 0 Å². The summed E-state index contributed by atoms with van der Waals surface area (Å²) < 4.78 is 22.1. The minimum atomic E-state index is -0.401. The van der Waals surface area contributed by atoms with Crippen LogP contribution >= 0.6 is 0 Å². The van der Waals surface area contributed by atoms with Crippen molar-refractivity contribution in [3.8, 4) is 0 Å². The van der Waals surface area contributed by atoms with Gasteiger partial charge in [0.2, 0.25) is 0 Å². The van der Waals surface area contributed by atoms with Gasteiger partial charge in [0.25, 0.3) is 0 Å². The third-order valence-electron chi connectivity index (χ3n) is 3.84. The Kier molecular flexibility index (Phi) is 4.83. The van der Waals surface area contributed by atoms with E-state index in [9.17, 15) is 4.79 Å². The number of hydrogen-bond donors (Lipinski definition) is 0. The Morgan fingerprint density at radius 2 is 1.88 bits per heavy atom. The van der Waals surface area contributed by atoms with Crippen LogP contribution in [0.5, 0.6) is 0 Å². The van der Waals surface area contributed by atoms with Crippen molar-refractivity contribution in [1.82, 2.24) is 0 Å². The quantitative estimate of drug-likeness (QED) is 0.386. The molecule has 126 valence electrons. The molecule has 5 heteroatoms. The average molecular weight is 328 g/mol. The molecule has 0 aliphatic heterocycles. The molecular weight excluding hydrogens is 308 g/mol. The Morgan fingerprint density at radius 1 is 1.08 bits per heavy atom. The molecule has 0 fully saturated rings. The highest BCUT2D eigenvalue weighted by molar-refractivity contribution is 6.00. The highest BCUT2D eigenvalue weighted by Gasteiger charge is 2.18. The van der Waals surface area contributed by atoms with E-state index in [1.807, 2.05) is 26.0 Å². The smallest absolute Gasteiger partial charge is 0.336 e. The lowest BCUT2D eigenvalue weighted by Gasteiger charge is -2.11. The van der Waals surface area contributed by atoms with Crippen LogP contribution in [-0.2, 0) is 22.7 Å². The molecule has 0 saturated carbocycles. The predicted molar refractivity (Wildman–Crippen MR) is 92.1 cm³/mol. The largest absolute Gasteiger partial charge is 0.464 e. The number of allylic oxidation sites excluding steroid dienone is 1. The van der Waals surface area contributed by atoms with Gasteiger partial charge in [0.1, 0.15) is 11.2 Å². The van der Waals surface area contributed by atoms with Crippen LogP contribution in [0.2, 0.25) is 0 Å².